The van der Waals surface area contributed by atoms with Crippen LogP contribution in [0.2, 0.25) is 0 Å². The van der Waals surface area contributed by atoms with Crippen LogP contribution in [0.25, 0.3) is 11.0 Å². The molecule has 1 atom stereocenters. The predicted molar refractivity (Wildman–Crippen MR) is 110 cm³/mol. The number of carbonyl (C=O) groups is 2. The molecule has 11 heteroatoms. The molecule has 0 aliphatic heterocycles. The SMILES string of the molecule is CC(C)C(C(=O)NCCNC(=O)c1ccc(C(F)(F)F)cc1)n1cnc2cc(F)c(F)cc21. The van der Waals surface area contributed by atoms with E-state index in [2.05, 4.69) is 15.6 Å². The van der Waals surface area contributed by atoms with Crippen molar-refractivity contribution in [2.24, 2.45) is 5.92 Å². The number of halogens is 5. The number of aromatic nitrogens is 2. The molecule has 1 aromatic heterocycles. The number of alkyl halides is 3. The van der Waals surface area contributed by atoms with Crippen molar-refractivity contribution in [3.05, 3.63) is 65.5 Å². The summed E-state index contributed by atoms with van der Waals surface area (Å²) in [4.78, 5) is 28.9. The van der Waals surface area contributed by atoms with Crippen LogP contribution in [-0.4, -0.2) is 34.5 Å². The fourth-order valence-electron chi connectivity index (χ4n) is 3.37. The van der Waals surface area contributed by atoms with Gasteiger partial charge in [-0.25, -0.2) is 13.8 Å². The summed E-state index contributed by atoms with van der Waals surface area (Å²) in [6.07, 6.45) is -3.16. The first kappa shape index (κ1) is 24.1. The van der Waals surface area contributed by atoms with E-state index in [-0.39, 0.29) is 35.6 Å². The normalized spacial score (nSPS) is 12.7. The number of benzene rings is 2. The average molecular weight is 468 g/mol. The minimum absolute atomic E-state index is 0.0287. The predicted octanol–water partition coefficient (Wildman–Crippen LogP) is 4.08. The van der Waals surface area contributed by atoms with E-state index < -0.39 is 41.2 Å². The van der Waals surface area contributed by atoms with Crippen molar-refractivity contribution in [1.29, 1.82) is 0 Å². The number of hydrogen-bond acceptors (Lipinski definition) is 3. The molecular weight excluding hydrogens is 447 g/mol. The number of fused-ring (bicyclic) bond motifs is 1. The molecule has 2 amide bonds. The van der Waals surface area contributed by atoms with Gasteiger partial charge in [-0.3, -0.25) is 9.59 Å². The smallest absolute Gasteiger partial charge is 0.353 e. The summed E-state index contributed by atoms with van der Waals surface area (Å²) in [6.45, 7) is 3.63. The molecule has 2 N–H and O–H groups in total. The molecule has 0 saturated carbocycles. The molecule has 0 aliphatic rings. The van der Waals surface area contributed by atoms with Gasteiger partial charge >= 0.3 is 6.18 Å². The minimum atomic E-state index is -4.49. The number of carbonyl (C=O) groups excluding carboxylic acids is 2. The first-order valence-corrected chi connectivity index (χ1v) is 10.0. The zero-order chi connectivity index (χ0) is 24.3. The third kappa shape index (κ3) is 5.47. The van der Waals surface area contributed by atoms with E-state index in [1.54, 1.807) is 13.8 Å². The Kier molecular flexibility index (Phi) is 6.99. The molecule has 1 heterocycles. The van der Waals surface area contributed by atoms with Gasteiger partial charge in [0.05, 0.1) is 22.9 Å². The standard InChI is InChI=1S/C22H21F5N4O2/c1-12(2)19(31-11-30-17-9-15(23)16(24)10-18(17)31)21(33)29-8-7-28-20(32)13-3-5-14(6-4-13)22(25,26)27/h3-6,9-12,19H,7-8H2,1-2H3,(H,28,32)(H,29,33). The molecule has 0 spiro atoms. The Hall–Kier alpha value is -3.50. The van der Waals surface area contributed by atoms with Gasteiger partial charge in [0.2, 0.25) is 5.91 Å². The second-order valence-electron chi connectivity index (χ2n) is 7.72. The molecule has 2 aromatic carbocycles. The Balaban J connectivity index is 1.60. The van der Waals surface area contributed by atoms with E-state index >= 15 is 0 Å². The van der Waals surface area contributed by atoms with Gasteiger partial charge in [-0.05, 0) is 30.2 Å². The molecule has 33 heavy (non-hydrogen) atoms. The lowest BCUT2D eigenvalue weighted by molar-refractivity contribution is -0.137. The van der Waals surface area contributed by atoms with E-state index in [9.17, 15) is 31.5 Å². The van der Waals surface area contributed by atoms with Crippen LogP contribution in [0.15, 0.2) is 42.7 Å². The highest BCUT2D eigenvalue weighted by molar-refractivity contribution is 5.94. The highest BCUT2D eigenvalue weighted by atomic mass is 19.4. The second kappa shape index (κ2) is 9.55. The maximum atomic E-state index is 13.7. The Bertz CT molecular complexity index is 1160. The van der Waals surface area contributed by atoms with Crippen LogP contribution in [-0.2, 0) is 11.0 Å². The number of imidazole rings is 1. The van der Waals surface area contributed by atoms with Gasteiger partial charge in [0.1, 0.15) is 6.04 Å². The lowest BCUT2D eigenvalue weighted by atomic mass is 10.0. The summed E-state index contributed by atoms with van der Waals surface area (Å²) < 4.78 is 66.4. The van der Waals surface area contributed by atoms with E-state index in [0.29, 0.717) is 0 Å². The molecule has 6 nitrogen and oxygen atoms in total. The van der Waals surface area contributed by atoms with Crippen LogP contribution in [0.3, 0.4) is 0 Å². The second-order valence-corrected chi connectivity index (χ2v) is 7.72. The van der Waals surface area contributed by atoms with Gasteiger partial charge in [-0.1, -0.05) is 13.8 Å². The van der Waals surface area contributed by atoms with Crippen LogP contribution in [0.5, 0.6) is 0 Å². The van der Waals surface area contributed by atoms with Crippen molar-refractivity contribution < 1.29 is 31.5 Å². The van der Waals surface area contributed by atoms with Gasteiger partial charge in [-0.15, -0.1) is 0 Å². The van der Waals surface area contributed by atoms with Crippen molar-refractivity contribution in [1.82, 2.24) is 20.2 Å². The highest BCUT2D eigenvalue weighted by Crippen LogP contribution is 2.29. The van der Waals surface area contributed by atoms with Crippen LogP contribution in [0, 0.1) is 17.6 Å². The molecular formula is C22H21F5N4O2. The van der Waals surface area contributed by atoms with Crippen LogP contribution >= 0.6 is 0 Å². The van der Waals surface area contributed by atoms with Crippen LogP contribution < -0.4 is 10.6 Å². The molecule has 0 saturated heterocycles. The minimum Gasteiger partial charge on any atom is -0.353 e. The molecule has 3 rings (SSSR count). The number of nitrogens with one attached hydrogen (secondary N) is 2. The summed E-state index contributed by atoms with van der Waals surface area (Å²) in [5.41, 5.74) is -0.344. The van der Waals surface area contributed by atoms with Crippen molar-refractivity contribution in [2.75, 3.05) is 13.1 Å². The van der Waals surface area contributed by atoms with E-state index in [1.165, 1.54) is 10.9 Å². The van der Waals surface area contributed by atoms with Gasteiger partial charge in [-0.2, -0.15) is 13.2 Å². The number of rotatable bonds is 7. The highest BCUT2D eigenvalue weighted by Gasteiger charge is 2.30. The van der Waals surface area contributed by atoms with Crippen molar-refractivity contribution in [3.63, 3.8) is 0 Å². The monoisotopic (exact) mass is 468 g/mol. The van der Waals surface area contributed by atoms with E-state index in [1.807, 2.05) is 0 Å². The van der Waals surface area contributed by atoms with Crippen molar-refractivity contribution in [3.8, 4) is 0 Å². The first-order chi connectivity index (χ1) is 15.5. The number of hydrogen-bond donors (Lipinski definition) is 2. The fraction of sp³-hybridized carbons (Fsp3) is 0.318. The third-order valence-electron chi connectivity index (χ3n) is 5.00. The van der Waals surface area contributed by atoms with E-state index in [0.717, 1.165) is 36.4 Å². The molecule has 0 fully saturated rings. The third-order valence-corrected chi connectivity index (χ3v) is 5.00. The molecule has 3 aromatic rings. The number of nitrogens with zero attached hydrogens (tertiary/aromatic N) is 2. The zero-order valence-electron chi connectivity index (χ0n) is 17.7. The fourth-order valence-corrected chi connectivity index (χ4v) is 3.37. The Morgan fingerprint density at radius 3 is 2.21 bits per heavy atom. The Labute approximate surface area is 185 Å². The molecule has 0 bridgehead atoms. The maximum Gasteiger partial charge on any atom is 0.416 e. The molecule has 0 aliphatic carbocycles. The maximum absolute atomic E-state index is 13.7. The van der Waals surface area contributed by atoms with Gasteiger partial charge in [0.25, 0.3) is 5.91 Å². The summed E-state index contributed by atoms with van der Waals surface area (Å²) in [7, 11) is 0. The quantitative estimate of drug-likeness (QED) is 0.405. The Morgan fingerprint density at radius 2 is 1.61 bits per heavy atom. The summed E-state index contributed by atoms with van der Waals surface area (Å²) in [5.74, 6) is -3.33. The van der Waals surface area contributed by atoms with Crippen molar-refractivity contribution >= 4 is 22.8 Å². The van der Waals surface area contributed by atoms with Gasteiger partial charge < -0.3 is 15.2 Å². The molecule has 1 unspecified atom stereocenters. The summed E-state index contributed by atoms with van der Waals surface area (Å²) in [6, 6.07) is 4.92. The van der Waals surface area contributed by atoms with Crippen LogP contribution in [0.4, 0.5) is 22.0 Å². The largest absolute Gasteiger partial charge is 0.416 e. The summed E-state index contributed by atoms with van der Waals surface area (Å²) >= 11 is 0. The first-order valence-electron chi connectivity index (χ1n) is 10.0. The lowest BCUT2D eigenvalue weighted by Gasteiger charge is -2.22. The lowest BCUT2D eigenvalue weighted by Crippen LogP contribution is -2.39. The molecule has 176 valence electrons. The van der Waals surface area contributed by atoms with Gasteiger partial charge in [0, 0.05) is 30.8 Å². The zero-order valence-corrected chi connectivity index (χ0v) is 17.7. The van der Waals surface area contributed by atoms with Crippen LogP contribution in [0.1, 0.15) is 35.8 Å². The van der Waals surface area contributed by atoms with Gasteiger partial charge in [0.15, 0.2) is 11.6 Å². The topological polar surface area (TPSA) is 76.0 Å². The van der Waals surface area contributed by atoms with E-state index in [4.69, 9.17) is 0 Å². The summed E-state index contributed by atoms with van der Waals surface area (Å²) in [5, 5.41) is 5.17. The Morgan fingerprint density at radius 1 is 1.00 bits per heavy atom. The van der Waals surface area contributed by atoms with Crippen molar-refractivity contribution in [2.45, 2.75) is 26.1 Å². The average Bonchev–Trinajstić information content (AvgIpc) is 3.12. The molecule has 0 radical (unpaired) electrons. The number of amides is 2.